The number of carbonyl (C=O) groups is 1. The lowest BCUT2D eigenvalue weighted by Crippen LogP contribution is -2.67. The summed E-state index contributed by atoms with van der Waals surface area (Å²) >= 11 is 5.85. The molecular formula is C22H18N2O3S. The fourth-order valence-corrected chi connectivity index (χ4v) is 4.62. The fraction of sp³-hybridized carbons (Fsp3) is 0.182. The van der Waals surface area contributed by atoms with E-state index in [-0.39, 0.29) is 17.7 Å². The first-order chi connectivity index (χ1) is 13.6. The Kier molecular flexibility index (Phi) is 3.77. The van der Waals surface area contributed by atoms with Crippen molar-refractivity contribution in [2.45, 2.75) is 25.1 Å². The largest absolute Gasteiger partial charge is 0.467 e. The van der Waals surface area contributed by atoms with Gasteiger partial charge in [-0.25, -0.2) is 0 Å². The second-order valence-electron chi connectivity index (χ2n) is 7.14. The number of amides is 1. The average Bonchev–Trinajstić information content (AvgIpc) is 3.23. The SMILES string of the molecule is C[C@]12C[C@H](c3ccccc3O1)N(C(=O)c1ccco1)C(=S)N2c1ccccc1. The number of thiocarbonyl (C=S) groups is 1. The lowest BCUT2D eigenvalue weighted by Gasteiger charge is -2.55. The number of anilines is 1. The quantitative estimate of drug-likeness (QED) is 0.590. The van der Waals surface area contributed by atoms with Crippen molar-refractivity contribution in [2.75, 3.05) is 4.90 Å². The van der Waals surface area contributed by atoms with Crippen molar-refractivity contribution in [2.24, 2.45) is 0 Å². The molecule has 1 amide bonds. The summed E-state index contributed by atoms with van der Waals surface area (Å²) in [5, 5.41) is 0.404. The van der Waals surface area contributed by atoms with E-state index in [4.69, 9.17) is 21.4 Å². The van der Waals surface area contributed by atoms with Gasteiger partial charge in [0.2, 0.25) is 0 Å². The number of hydrogen-bond donors (Lipinski definition) is 0. The number of nitrogens with zero attached hydrogens (tertiary/aromatic N) is 2. The van der Waals surface area contributed by atoms with Crippen LogP contribution in [0.25, 0.3) is 0 Å². The van der Waals surface area contributed by atoms with Crippen molar-refractivity contribution >= 4 is 28.9 Å². The monoisotopic (exact) mass is 390 g/mol. The minimum Gasteiger partial charge on any atom is -0.467 e. The summed E-state index contributed by atoms with van der Waals surface area (Å²) in [6.45, 7) is 2.02. The Hall–Kier alpha value is -3.12. The van der Waals surface area contributed by atoms with Crippen LogP contribution in [-0.2, 0) is 0 Å². The molecule has 0 unspecified atom stereocenters. The van der Waals surface area contributed by atoms with Crippen LogP contribution in [0.3, 0.4) is 0 Å². The van der Waals surface area contributed by atoms with E-state index in [0.717, 1.165) is 17.0 Å². The minimum atomic E-state index is -0.697. The van der Waals surface area contributed by atoms with E-state index in [2.05, 4.69) is 0 Å². The number of hydrogen-bond acceptors (Lipinski definition) is 4. The summed E-state index contributed by atoms with van der Waals surface area (Å²) in [6, 6.07) is 20.7. The molecule has 140 valence electrons. The zero-order chi connectivity index (χ0) is 19.3. The van der Waals surface area contributed by atoms with Crippen LogP contribution in [0.2, 0.25) is 0 Å². The highest BCUT2D eigenvalue weighted by Gasteiger charge is 2.53. The van der Waals surface area contributed by atoms with Crippen molar-refractivity contribution in [3.8, 4) is 5.75 Å². The Morgan fingerprint density at radius 3 is 2.57 bits per heavy atom. The van der Waals surface area contributed by atoms with Crippen molar-refractivity contribution in [3.63, 3.8) is 0 Å². The number of carbonyl (C=O) groups excluding carboxylic acids is 1. The molecule has 6 heteroatoms. The summed E-state index contributed by atoms with van der Waals surface area (Å²) in [5.41, 5.74) is 1.14. The molecule has 2 aliphatic rings. The van der Waals surface area contributed by atoms with Gasteiger partial charge in [-0.05, 0) is 49.5 Å². The van der Waals surface area contributed by atoms with Crippen molar-refractivity contribution in [1.29, 1.82) is 0 Å². The van der Waals surface area contributed by atoms with Crippen LogP contribution in [0.15, 0.2) is 77.4 Å². The molecule has 28 heavy (non-hydrogen) atoms. The zero-order valence-corrected chi connectivity index (χ0v) is 16.1. The van der Waals surface area contributed by atoms with E-state index in [1.54, 1.807) is 17.0 Å². The molecule has 5 nitrogen and oxygen atoms in total. The number of para-hydroxylation sites is 2. The molecule has 1 aromatic heterocycles. The van der Waals surface area contributed by atoms with Crippen LogP contribution in [0.1, 0.15) is 35.5 Å². The highest BCUT2D eigenvalue weighted by Crippen LogP contribution is 2.49. The van der Waals surface area contributed by atoms with Gasteiger partial charge in [0.25, 0.3) is 5.91 Å². The molecule has 2 bridgehead atoms. The molecule has 2 atom stereocenters. The maximum Gasteiger partial charge on any atom is 0.296 e. The van der Waals surface area contributed by atoms with Gasteiger partial charge < -0.3 is 9.15 Å². The number of ether oxygens (including phenoxy) is 1. The van der Waals surface area contributed by atoms with Gasteiger partial charge >= 0.3 is 0 Å². The highest BCUT2D eigenvalue weighted by molar-refractivity contribution is 7.80. The van der Waals surface area contributed by atoms with Crippen LogP contribution in [0.5, 0.6) is 5.75 Å². The molecule has 2 aromatic carbocycles. The summed E-state index contributed by atoms with van der Waals surface area (Å²) in [5.74, 6) is 0.782. The third kappa shape index (κ3) is 2.45. The highest BCUT2D eigenvalue weighted by atomic mass is 32.1. The zero-order valence-electron chi connectivity index (χ0n) is 15.2. The molecule has 2 aliphatic heterocycles. The standard InChI is InChI=1S/C22H18N2O3S/c1-22-14-17(16-10-5-6-11-18(16)27-22)23(20(25)19-12-7-13-26-19)21(28)24(22)15-8-3-2-4-9-15/h2-13,17H,14H2,1H3/t17-,22-/m1/s1. The van der Waals surface area contributed by atoms with Crippen LogP contribution in [0.4, 0.5) is 5.69 Å². The van der Waals surface area contributed by atoms with E-state index in [1.807, 2.05) is 66.4 Å². The molecule has 0 radical (unpaired) electrons. The minimum absolute atomic E-state index is 0.222. The van der Waals surface area contributed by atoms with E-state index < -0.39 is 5.72 Å². The summed E-state index contributed by atoms with van der Waals surface area (Å²) in [4.78, 5) is 16.9. The Bertz CT molecular complexity index is 1050. The molecule has 0 N–H and O–H groups in total. The molecule has 0 saturated carbocycles. The normalized spacial score (nSPS) is 23.2. The van der Waals surface area contributed by atoms with Gasteiger partial charge in [0.15, 0.2) is 16.6 Å². The first kappa shape index (κ1) is 17.0. The number of fused-ring (bicyclic) bond motifs is 4. The van der Waals surface area contributed by atoms with E-state index in [1.165, 1.54) is 6.26 Å². The number of rotatable bonds is 2. The maximum atomic E-state index is 13.3. The summed E-state index contributed by atoms with van der Waals surface area (Å²) < 4.78 is 11.8. The topological polar surface area (TPSA) is 45.9 Å². The molecule has 0 aliphatic carbocycles. The molecule has 1 fully saturated rings. The van der Waals surface area contributed by atoms with Crippen LogP contribution >= 0.6 is 12.2 Å². The molecule has 3 aromatic rings. The second-order valence-corrected chi connectivity index (χ2v) is 7.51. The average molecular weight is 390 g/mol. The first-order valence-electron chi connectivity index (χ1n) is 9.13. The van der Waals surface area contributed by atoms with Gasteiger partial charge in [0.1, 0.15) is 5.75 Å². The molecular weight excluding hydrogens is 372 g/mol. The Labute approximate surface area is 168 Å². The lowest BCUT2D eigenvalue weighted by molar-refractivity contribution is 0.0174. The molecule has 0 spiro atoms. The van der Waals surface area contributed by atoms with E-state index in [9.17, 15) is 4.79 Å². The Morgan fingerprint density at radius 2 is 1.82 bits per heavy atom. The predicted octanol–water partition coefficient (Wildman–Crippen LogP) is 4.77. The summed E-state index contributed by atoms with van der Waals surface area (Å²) in [7, 11) is 0. The van der Waals surface area contributed by atoms with Crippen LogP contribution in [-0.4, -0.2) is 21.6 Å². The third-order valence-electron chi connectivity index (χ3n) is 5.33. The van der Waals surface area contributed by atoms with Crippen LogP contribution in [0, 0.1) is 0 Å². The van der Waals surface area contributed by atoms with Crippen LogP contribution < -0.4 is 9.64 Å². The molecule has 3 heterocycles. The Balaban J connectivity index is 1.69. The second kappa shape index (κ2) is 6.21. The first-order valence-corrected chi connectivity index (χ1v) is 9.53. The van der Waals surface area contributed by atoms with Gasteiger partial charge in [0.05, 0.1) is 12.3 Å². The molecule has 5 rings (SSSR count). The van der Waals surface area contributed by atoms with Gasteiger partial charge in [-0.3, -0.25) is 14.6 Å². The smallest absolute Gasteiger partial charge is 0.296 e. The van der Waals surface area contributed by atoms with Gasteiger partial charge in [0, 0.05) is 17.7 Å². The maximum absolute atomic E-state index is 13.3. The van der Waals surface area contributed by atoms with Gasteiger partial charge in [-0.1, -0.05) is 36.4 Å². The predicted molar refractivity (Wildman–Crippen MR) is 109 cm³/mol. The van der Waals surface area contributed by atoms with E-state index >= 15 is 0 Å². The molecule has 1 saturated heterocycles. The Morgan fingerprint density at radius 1 is 1.07 bits per heavy atom. The van der Waals surface area contributed by atoms with Gasteiger partial charge in [-0.15, -0.1) is 0 Å². The third-order valence-corrected chi connectivity index (χ3v) is 5.71. The number of furan rings is 1. The van der Waals surface area contributed by atoms with E-state index in [0.29, 0.717) is 11.5 Å². The lowest BCUT2D eigenvalue weighted by atomic mass is 9.88. The van der Waals surface area contributed by atoms with Crippen molar-refractivity contribution in [1.82, 2.24) is 4.90 Å². The number of benzene rings is 2. The summed E-state index contributed by atoms with van der Waals surface area (Å²) in [6.07, 6.45) is 2.09. The van der Waals surface area contributed by atoms with Crippen molar-refractivity contribution < 1.29 is 13.9 Å². The van der Waals surface area contributed by atoms with Gasteiger partial charge in [-0.2, -0.15) is 0 Å². The fourth-order valence-electron chi connectivity index (χ4n) is 4.11. The van der Waals surface area contributed by atoms with Crippen molar-refractivity contribution in [3.05, 3.63) is 84.3 Å².